The quantitative estimate of drug-likeness (QED) is 0.791. The van der Waals surface area contributed by atoms with Gasteiger partial charge < -0.3 is 14.6 Å². The lowest BCUT2D eigenvalue weighted by molar-refractivity contribution is -0.117. The van der Waals surface area contributed by atoms with Crippen molar-refractivity contribution in [3.63, 3.8) is 0 Å². The van der Waals surface area contributed by atoms with E-state index < -0.39 is 11.6 Å². The number of nitrogens with zero attached hydrogens (tertiary/aromatic N) is 1. The smallest absolute Gasteiger partial charge is 0.231 e. The van der Waals surface area contributed by atoms with Gasteiger partial charge in [0.25, 0.3) is 0 Å². The van der Waals surface area contributed by atoms with Gasteiger partial charge in [-0.05, 0) is 30.2 Å². The lowest BCUT2D eigenvalue weighted by atomic mass is 10.1. The van der Waals surface area contributed by atoms with Crippen LogP contribution in [-0.2, 0) is 17.6 Å². The van der Waals surface area contributed by atoms with E-state index in [1.165, 1.54) is 11.0 Å². The highest BCUT2D eigenvalue weighted by atomic mass is 19.1. The summed E-state index contributed by atoms with van der Waals surface area (Å²) in [5, 5.41) is 0.850. The molecule has 3 aromatic rings. The molecule has 1 aliphatic heterocycles. The monoisotopic (exact) mass is 342 g/mol. The summed E-state index contributed by atoms with van der Waals surface area (Å²) in [5.41, 5.74) is 2.39. The second kappa shape index (κ2) is 5.88. The van der Waals surface area contributed by atoms with Gasteiger partial charge in [-0.15, -0.1) is 0 Å². The number of aromatic amines is 1. The minimum absolute atomic E-state index is 0.123. The molecule has 0 saturated carbocycles. The van der Waals surface area contributed by atoms with E-state index in [-0.39, 0.29) is 12.3 Å². The third kappa shape index (κ3) is 2.54. The van der Waals surface area contributed by atoms with Gasteiger partial charge in [0.2, 0.25) is 5.91 Å². The molecule has 25 heavy (non-hydrogen) atoms. The fraction of sp³-hybridized carbons (Fsp3) is 0.211. The van der Waals surface area contributed by atoms with E-state index in [9.17, 15) is 13.6 Å². The zero-order valence-corrected chi connectivity index (χ0v) is 13.6. The molecule has 128 valence electrons. The molecule has 0 spiro atoms. The molecule has 0 unspecified atom stereocenters. The number of hydrogen-bond acceptors (Lipinski definition) is 2. The van der Waals surface area contributed by atoms with Crippen LogP contribution in [0.15, 0.2) is 36.5 Å². The van der Waals surface area contributed by atoms with Crippen molar-refractivity contribution in [1.29, 1.82) is 0 Å². The molecule has 0 fully saturated rings. The van der Waals surface area contributed by atoms with Crippen LogP contribution in [0.2, 0.25) is 0 Å². The Balaban J connectivity index is 1.67. The van der Waals surface area contributed by atoms with Crippen molar-refractivity contribution in [1.82, 2.24) is 4.98 Å². The van der Waals surface area contributed by atoms with Gasteiger partial charge in [0, 0.05) is 35.3 Å². The summed E-state index contributed by atoms with van der Waals surface area (Å²) in [6.45, 7) is 0.355. The van der Waals surface area contributed by atoms with Gasteiger partial charge in [-0.1, -0.05) is 6.07 Å². The normalized spacial score (nSPS) is 13.3. The zero-order chi connectivity index (χ0) is 17.6. The van der Waals surface area contributed by atoms with Crippen molar-refractivity contribution in [3.05, 3.63) is 59.3 Å². The average molecular weight is 342 g/mol. The van der Waals surface area contributed by atoms with E-state index in [0.29, 0.717) is 30.0 Å². The van der Waals surface area contributed by atoms with Gasteiger partial charge in [0.05, 0.1) is 19.2 Å². The highest BCUT2D eigenvalue weighted by Crippen LogP contribution is 2.33. The SMILES string of the molecule is COc1cccc2[nH]cc(CC(=O)N3CCc4c(F)cc(F)cc43)c12. The Morgan fingerprint density at radius 2 is 2.16 bits per heavy atom. The largest absolute Gasteiger partial charge is 0.496 e. The molecular formula is C19H16F2N2O2. The molecule has 1 aliphatic rings. The van der Waals surface area contributed by atoms with Crippen LogP contribution in [0.3, 0.4) is 0 Å². The summed E-state index contributed by atoms with van der Waals surface area (Å²) >= 11 is 0. The lowest BCUT2D eigenvalue weighted by Gasteiger charge is -2.17. The summed E-state index contributed by atoms with van der Waals surface area (Å²) in [7, 11) is 1.58. The van der Waals surface area contributed by atoms with Crippen LogP contribution >= 0.6 is 0 Å². The molecule has 2 aromatic carbocycles. The summed E-state index contributed by atoms with van der Waals surface area (Å²) < 4.78 is 32.8. The van der Waals surface area contributed by atoms with Crippen molar-refractivity contribution in [2.45, 2.75) is 12.8 Å². The number of hydrogen-bond donors (Lipinski definition) is 1. The molecule has 0 radical (unpaired) electrons. The van der Waals surface area contributed by atoms with Crippen LogP contribution in [-0.4, -0.2) is 24.5 Å². The Bertz CT molecular complexity index is 981. The van der Waals surface area contributed by atoms with E-state index in [1.807, 2.05) is 18.2 Å². The van der Waals surface area contributed by atoms with Gasteiger partial charge in [0.15, 0.2) is 0 Å². The van der Waals surface area contributed by atoms with Crippen LogP contribution in [0, 0.1) is 11.6 Å². The zero-order valence-electron chi connectivity index (χ0n) is 13.6. The van der Waals surface area contributed by atoms with Gasteiger partial charge >= 0.3 is 0 Å². The van der Waals surface area contributed by atoms with Crippen LogP contribution in [0.1, 0.15) is 11.1 Å². The second-order valence-corrected chi connectivity index (χ2v) is 6.05. The molecule has 6 heteroatoms. The molecule has 1 amide bonds. The van der Waals surface area contributed by atoms with Crippen LogP contribution in [0.4, 0.5) is 14.5 Å². The van der Waals surface area contributed by atoms with Gasteiger partial charge in [-0.25, -0.2) is 8.78 Å². The standard InChI is InChI=1S/C19H16F2N2O2/c1-25-17-4-2-3-15-19(17)11(10-22-15)7-18(24)23-6-5-13-14(21)8-12(20)9-16(13)23/h2-4,8-10,22H,5-7H2,1H3. The maximum absolute atomic E-state index is 13.9. The number of carbonyl (C=O) groups excluding carboxylic acids is 1. The number of aromatic nitrogens is 1. The minimum Gasteiger partial charge on any atom is -0.496 e. The number of carbonyl (C=O) groups is 1. The van der Waals surface area contributed by atoms with Gasteiger partial charge in [0.1, 0.15) is 17.4 Å². The Morgan fingerprint density at radius 3 is 2.96 bits per heavy atom. The van der Waals surface area contributed by atoms with Gasteiger partial charge in [-0.2, -0.15) is 0 Å². The van der Waals surface area contributed by atoms with Crippen molar-refractivity contribution in [2.24, 2.45) is 0 Å². The van der Waals surface area contributed by atoms with Crippen LogP contribution in [0.5, 0.6) is 5.75 Å². The third-order valence-corrected chi connectivity index (χ3v) is 4.62. The molecule has 4 rings (SSSR count). The number of anilines is 1. The van der Waals surface area contributed by atoms with Crippen molar-refractivity contribution in [3.8, 4) is 5.75 Å². The van der Waals surface area contributed by atoms with Crippen LogP contribution < -0.4 is 9.64 Å². The maximum atomic E-state index is 13.9. The van der Waals surface area contributed by atoms with E-state index >= 15 is 0 Å². The molecule has 1 N–H and O–H groups in total. The highest BCUT2D eigenvalue weighted by Gasteiger charge is 2.28. The Labute approximate surface area is 143 Å². The van der Waals surface area contributed by atoms with E-state index in [1.54, 1.807) is 13.3 Å². The number of nitrogens with one attached hydrogen (secondary N) is 1. The number of amides is 1. The Morgan fingerprint density at radius 1 is 1.32 bits per heavy atom. The number of fused-ring (bicyclic) bond motifs is 2. The summed E-state index contributed by atoms with van der Waals surface area (Å²) in [5.74, 6) is -0.792. The van der Waals surface area contributed by atoms with Crippen molar-refractivity contribution in [2.75, 3.05) is 18.6 Å². The van der Waals surface area contributed by atoms with Crippen molar-refractivity contribution >= 4 is 22.5 Å². The van der Waals surface area contributed by atoms with E-state index in [0.717, 1.165) is 22.5 Å². The van der Waals surface area contributed by atoms with Crippen LogP contribution in [0.25, 0.3) is 10.9 Å². The molecular weight excluding hydrogens is 326 g/mol. The number of benzene rings is 2. The lowest BCUT2D eigenvalue weighted by Crippen LogP contribution is -2.30. The predicted octanol–water partition coefficient (Wildman–Crippen LogP) is 3.59. The molecule has 0 bridgehead atoms. The Kier molecular flexibility index (Phi) is 3.67. The highest BCUT2D eigenvalue weighted by molar-refractivity contribution is 6.00. The first-order chi connectivity index (χ1) is 12.1. The minimum atomic E-state index is -0.676. The molecule has 0 atom stereocenters. The first kappa shape index (κ1) is 15.6. The molecule has 4 nitrogen and oxygen atoms in total. The first-order valence-corrected chi connectivity index (χ1v) is 7.99. The topological polar surface area (TPSA) is 45.3 Å². The first-order valence-electron chi connectivity index (χ1n) is 7.99. The number of rotatable bonds is 3. The third-order valence-electron chi connectivity index (χ3n) is 4.62. The summed E-state index contributed by atoms with van der Waals surface area (Å²) in [6, 6.07) is 7.68. The fourth-order valence-electron chi connectivity index (χ4n) is 3.47. The average Bonchev–Trinajstić information content (AvgIpc) is 3.19. The predicted molar refractivity (Wildman–Crippen MR) is 91.0 cm³/mol. The van der Waals surface area contributed by atoms with E-state index in [2.05, 4.69) is 4.98 Å². The molecule has 0 saturated heterocycles. The molecule has 2 heterocycles. The molecule has 0 aliphatic carbocycles. The number of ether oxygens (including phenoxy) is 1. The summed E-state index contributed by atoms with van der Waals surface area (Å²) in [6.07, 6.45) is 2.29. The fourth-order valence-corrected chi connectivity index (χ4v) is 3.47. The number of methoxy groups -OCH3 is 1. The number of H-pyrrole nitrogens is 1. The van der Waals surface area contributed by atoms with E-state index in [4.69, 9.17) is 4.74 Å². The number of halogens is 2. The second-order valence-electron chi connectivity index (χ2n) is 6.05. The van der Waals surface area contributed by atoms with Crippen molar-refractivity contribution < 1.29 is 18.3 Å². The summed E-state index contributed by atoms with van der Waals surface area (Å²) in [4.78, 5) is 17.3. The Hall–Kier alpha value is -2.89. The maximum Gasteiger partial charge on any atom is 0.231 e. The molecule has 1 aromatic heterocycles. The van der Waals surface area contributed by atoms with Gasteiger partial charge in [-0.3, -0.25) is 4.79 Å².